The van der Waals surface area contributed by atoms with Gasteiger partial charge in [0.25, 0.3) is 5.91 Å². The van der Waals surface area contributed by atoms with Crippen molar-refractivity contribution < 1.29 is 23.8 Å². The zero-order valence-electron chi connectivity index (χ0n) is 17.7. The van der Waals surface area contributed by atoms with Gasteiger partial charge in [-0.3, -0.25) is 4.79 Å². The molecule has 33 heavy (non-hydrogen) atoms. The van der Waals surface area contributed by atoms with Crippen molar-refractivity contribution in [2.24, 2.45) is 0 Å². The zero-order chi connectivity index (χ0) is 23.4. The normalized spacial score (nSPS) is 11.5. The SMILES string of the molecule is COc1ccc2oc(C(=O)NC(Cc3ccc(-c4cccc(C#N)c4)cc3)C(=O)O)cc2c1. The van der Waals surface area contributed by atoms with E-state index in [1.807, 2.05) is 36.4 Å². The van der Waals surface area contributed by atoms with Crippen LogP contribution in [0.25, 0.3) is 22.1 Å². The molecule has 1 amide bonds. The fourth-order valence-corrected chi connectivity index (χ4v) is 3.53. The Hall–Kier alpha value is -4.57. The number of nitriles is 1. The third-order valence-corrected chi connectivity index (χ3v) is 5.27. The number of methoxy groups -OCH3 is 1. The predicted octanol–water partition coefficient (Wildman–Crippen LogP) is 4.41. The van der Waals surface area contributed by atoms with Crippen LogP contribution in [0.2, 0.25) is 0 Å². The van der Waals surface area contributed by atoms with E-state index >= 15 is 0 Å². The number of carboxylic acid groups (broad SMARTS) is 1. The maximum atomic E-state index is 12.6. The number of ether oxygens (including phenoxy) is 1. The van der Waals surface area contributed by atoms with Gasteiger partial charge in [-0.05, 0) is 53.1 Å². The Kier molecular flexibility index (Phi) is 6.09. The number of carboxylic acids is 1. The summed E-state index contributed by atoms with van der Waals surface area (Å²) in [4.78, 5) is 24.4. The van der Waals surface area contributed by atoms with Crippen LogP contribution in [0, 0.1) is 11.3 Å². The number of carbonyl (C=O) groups excluding carboxylic acids is 1. The summed E-state index contributed by atoms with van der Waals surface area (Å²) in [6, 6.07) is 22.2. The monoisotopic (exact) mass is 440 g/mol. The molecule has 0 aliphatic heterocycles. The fraction of sp³-hybridized carbons (Fsp3) is 0.115. The molecule has 0 aliphatic rings. The van der Waals surface area contributed by atoms with E-state index in [2.05, 4.69) is 11.4 Å². The Morgan fingerprint density at radius 3 is 2.55 bits per heavy atom. The molecule has 0 saturated heterocycles. The minimum Gasteiger partial charge on any atom is -0.497 e. The van der Waals surface area contributed by atoms with E-state index in [0.717, 1.165) is 16.7 Å². The van der Waals surface area contributed by atoms with Gasteiger partial charge in [-0.1, -0.05) is 36.4 Å². The van der Waals surface area contributed by atoms with Gasteiger partial charge < -0.3 is 19.6 Å². The summed E-state index contributed by atoms with van der Waals surface area (Å²) in [5, 5.41) is 21.9. The van der Waals surface area contributed by atoms with Gasteiger partial charge in [0, 0.05) is 11.8 Å². The summed E-state index contributed by atoms with van der Waals surface area (Å²) in [5.41, 5.74) is 3.62. The largest absolute Gasteiger partial charge is 0.497 e. The highest BCUT2D eigenvalue weighted by molar-refractivity contribution is 5.98. The quantitative estimate of drug-likeness (QED) is 0.440. The number of carbonyl (C=O) groups is 2. The Morgan fingerprint density at radius 2 is 1.85 bits per heavy atom. The Morgan fingerprint density at radius 1 is 1.06 bits per heavy atom. The summed E-state index contributed by atoms with van der Waals surface area (Å²) in [6.45, 7) is 0. The molecular weight excluding hydrogens is 420 g/mol. The second kappa shape index (κ2) is 9.28. The first-order valence-corrected chi connectivity index (χ1v) is 10.2. The highest BCUT2D eigenvalue weighted by Crippen LogP contribution is 2.25. The number of furan rings is 1. The maximum absolute atomic E-state index is 12.6. The van der Waals surface area contributed by atoms with E-state index in [0.29, 0.717) is 22.3 Å². The van der Waals surface area contributed by atoms with E-state index in [9.17, 15) is 14.7 Å². The minimum absolute atomic E-state index is 0.0252. The van der Waals surface area contributed by atoms with E-state index < -0.39 is 17.9 Å². The number of amides is 1. The molecule has 0 bridgehead atoms. The van der Waals surface area contributed by atoms with Crippen molar-refractivity contribution in [3.05, 3.63) is 89.7 Å². The number of hydrogen-bond donors (Lipinski definition) is 2. The van der Waals surface area contributed by atoms with Crippen molar-refractivity contribution in [2.45, 2.75) is 12.5 Å². The van der Waals surface area contributed by atoms with Crippen LogP contribution in [0.4, 0.5) is 0 Å². The lowest BCUT2D eigenvalue weighted by atomic mass is 9.99. The lowest BCUT2D eigenvalue weighted by molar-refractivity contribution is -0.139. The van der Waals surface area contributed by atoms with Gasteiger partial charge in [0.05, 0.1) is 18.7 Å². The van der Waals surface area contributed by atoms with Crippen molar-refractivity contribution in [1.82, 2.24) is 5.32 Å². The van der Waals surface area contributed by atoms with E-state index in [4.69, 9.17) is 14.4 Å². The third kappa shape index (κ3) is 4.86. The van der Waals surface area contributed by atoms with Gasteiger partial charge in [-0.15, -0.1) is 0 Å². The molecule has 1 aromatic heterocycles. The molecule has 1 heterocycles. The number of rotatable bonds is 7. The van der Waals surface area contributed by atoms with Crippen molar-refractivity contribution in [3.63, 3.8) is 0 Å². The molecule has 7 nitrogen and oxygen atoms in total. The number of nitrogens with zero attached hydrogens (tertiary/aromatic N) is 1. The van der Waals surface area contributed by atoms with E-state index in [-0.39, 0.29) is 12.2 Å². The Bertz CT molecular complexity index is 1370. The van der Waals surface area contributed by atoms with Crippen LogP contribution in [0.15, 0.2) is 77.2 Å². The van der Waals surface area contributed by atoms with Crippen LogP contribution in [0.3, 0.4) is 0 Å². The summed E-state index contributed by atoms with van der Waals surface area (Å²) < 4.78 is 10.7. The highest BCUT2D eigenvalue weighted by Gasteiger charge is 2.23. The van der Waals surface area contributed by atoms with Crippen molar-refractivity contribution in [3.8, 4) is 22.9 Å². The molecule has 4 rings (SSSR count). The van der Waals surface area contributed by atoms with Crippen LogP contribution >= 0.6 is 0 Å². The van der Waals surface area contributed by atoms with Gasteiger partial charge >= 0.3 is 5.97 Å². The molecule has 2 N–H and O–H groups in total. The summed E-state index contributed by atoms with van der Waals surface area (Å²) >= 11 is 0. The molecule has 164 valence electrons. The van der Waals surface area contributed by atoms with Crippen LogP contribution in [0.5, 0.6) is 5.75 Å². The topological polar surface area (TPSA) is 113 Å². The molecule has 1 atom stereocenters. The van der Waals surface area contributed by atoms with Crippen LogP contribution < -0.4 is 10.1 Å². The third-order valence-electron chi connectivity index (χ3n) is 5.27. The fourth-order valence-electron chi connectivity index (χ4n) is 3.53. The number of benzene rings is 3. The molecule has 0 radical (unpaired) electrons. The van der Waals surface area contributed by atoms with E-state index in [1.54, 1.807) is 43.5 Å². The van der Waals surface area contributed by atoms with Crippen LogP contribution in [0.1, 0.15) is 21.7 Å². The standard InChI is InChI=1S/C26H20N2O5/c1-32-21-9-10-23-20(13-21)14-24(33-23)25(29)28-22(26(30)31)12-16-5-7-18(8-6-16)19-4-2-3-17(11-19)15-27/h2-11,13-14,22H,12H2,1H3,(H,28,29)(H,30,31). The molecule has 0 aliphatic carbocycles. The Balaban J connectivity index is 1.48. The number of aliphatic carboxylic acids is 1. The summed E-state index contributed by atoms with van der Waals surface area (Å²) in [5.74, 6) is -1.10. The average Bonchev–Trinajstić information content (AvgIpc) is 3.27. The molecule has 0 spiro atoms. The summed E-state index contributed by atoms with van der Waals surface area (Å²) in [6.07, 6.45) is 0.105. The van der Waals surface area contributed by atoms with Gasteiger partial charge in [-0.2, -0.15) is 5.26 Å². The molecule has 0 fully saturated rings. The molecular formula is C26H20N2O5. The lowest BCUT2D eigenvalue weighted by Crippen LogP contribution is -2.42. The molecule has 4 aromatic rings. The number of hydrogen-bond acceptors (Lipinski definition) is 5. The predicted molar refractivity (Wildman–Crippen MR) is 122 cm³/mol. The van der Waals surface area contributed by atoms with Crippen molar-refractivity contribution in [2.75, 3.05) is 7.11 Å². The lowest BCUT2D eigenvalue weighted by Gasteiger charge is -2.14. The van der Waals surface area contributed by atoms with Crippen LogP contribution in [-0.4, -0.2) is 30.1 Å². The molecule has 3 aromatic carbocycles. The maximum Gasteiger partial charge on any atom is 0.326 e. The van der Waals surface area contributed by atoms with Gasteiger partial charge in [0.2, 0.25) is 0 Å². The first-order valence-electron chi connectivity index (χ1n) is 10.2. The smallest absolute Gasteiger partial charge is 0.326 e. The van der Waals surface area contributed by atoms with Crippen molar-refractivity contribution in [1.29, 1.82) is 5.26 Å². The van der Waals surface area contributed by atoms with Crippen LogP contribution in [-0.2, 0) is 11.2 Å². The zero-order valence-corrected chi connectivity index (χ0v) is 17.7. The van der Waals surface area contributed by atoms with E-state index in [1.165, 1.54) is 0 Å². The van der Waals surface area contributed by atoms with Crippen molar-refractivity contribution >= 4 is 22.8 Å². The minimum atomic E-state index is -1.15. The molecule has 7 heteroatoms. The number of nitrogens with one attached hydrogen (secondary N) is 1. The molecule has 1 unspecified atom stereocenters. The summed E-state index contributed by atoms with van der Waals surface area (Å²) in [7, 11) is 1.54. The van der Waals surface area contributed by atoms with Gasteiger partial charge in [-0.25, -0.2) is 4.79 Å². The Labute approximate surface area is 189 Å². The second-order valence-electron chi connectivity index (χ2n) is 7.47. The average molecular weight is 440 g/mol. The molecule has 0 saturated carbocycles. The van der Waals surface area contributed by atoms with Gasteiger partial charge in [0.1, 0.15) is 17.4 Å². The first kappa shape index (κ1) is 21.7. The highest BCUT2D eigenvalue weighted by atomic mass is 16.5. The van der Waals surface area contributed by atoms with Gasteiger partial charge in [0.15, 0.2) is 5.76 Å². The first-order chi connectivity index (χ1) is 16.0. The second-order valence-corrected chi connectivity index (χ2v) is 7.47. The number of fused-ring (bicyclic) bond motifs is 1.